The van der Waals surface area contributed by atoms with Crippen LogP contribution < -0.4 is 9.47 Å². The van der Waals surface area contributed by atoms with Crippen LogP contribution in [0.15, 0.2) is 48.5 Å². The van der Waals surface area contributed by atoms with Gasteiger partial charge in [-0.15, -0.1) is 0 Å². The quantitative estimate of drug-likeness (QED) is 0.850. The molecule has 2 rings (SSSR count). The average molecular weight is 272 g/mol. The molecule has 0 saturated carbocycles. The maximum absolute atomic E-state index is 12.2. The molecule has 0 aliphatic rings. The summed E-state index contributed by atoms with van der Waals surface area (Å²) in [5.41, 5.74) is 0.900. The van der Waals surface area contributed by atoms with Gasteiger partial charge in [0.2, 0.25) is 0 Å². The molecule has 1 atom stereocenters. The Hall–Kier alpha value is -2.33. The predicted octanol–water partition coefficient (Wildman–Crippen LogP) is 2.62. The highest BCUT2D eigenvalue weighted by Crippen LogP contribution is 2.28. The molecule has 0 spiro atoms. The van der Waals surface area contributed by atoms with Gasteiger partial charge in [-0.25, -0.2) is 0 Å². The van der Waals surface area contributed by atoms with E-state index in [-0.39, 0.29) is 5.78 Å². The Kier molecular flexibility index (Phi) is 4.38. The van der Waals surface area contributed by atoms with Crippen LogP contribution in [-0.4, -0.2) is 25.1 Å². The number of benzene rings is 2. The Labute approximate surface area is 117 Å². The van der Waals surface area contributed by atoms with Crippen molar-refractivity contribution < 1.29 is 19.4 Å². The van der Waals surface area contributed by atoms with Crippen molar-refractivity contribution >= 4 is 5.78 Å². The van der Waals surface area contributed by atoms with Crippen molar-refractivity contribution in [3.63, 3.8) is 0 Å². The lowest BCUT2D eigenvalue weighted by molar-refractivity contribution is 0.0747. The largest absolute Gasteiger partial charge is 0.497 e. The van der Waals surface area contributed by atoms with E-state index in [0.29, 0.717) is 22.6 Å². The molecule has 0 radical (unpaired) electrons. The summed E-state index contributed by atoms with van der Waals surface area (Å²) < 4.78 is 10.3. The monoisotopic (exact) mass is 272 g/mol. The lowest BCUT2D eigenvalue weighted by atomic mass is 9.99. The molecule has 0 fully saturated rings. The summed E-state index contributed by atoms with van der Waals surface area (Å²) in [5, 5.41) is 10.2. The first-order chi connectivity index (χ1) is 9.65. The van der Waals surface area contributed by atoms with Crippen molar-refractivity contribution in [3.05, 3.63) is 59.7 Å². The van der Waals surface area contributed by atoms with Crippen molar-refractivity contribution in [2.45, 2.75) is 6.10 Å². The van der Waals surface area contributed by atoms with E-state index in [1.54, 1.807) is 42.5 Å². The first-order valence-corrected chi connectivity index (χ1v) is 6.16. The molecule has 0 aliphatic heterocycles. The Morgan fingerprint density at radius 1 is 1.00 bits per heavy atom. The number of methoxy groups -OCH3 is 2. The van der Waals surface area contributed by atoms with Crippen LogP contribution >= 0.6 is 0 Å². The van der Waals surface area contributed by atoms with Crippen LogP contribution in [0.1, 0.15) is 22.0 Å². The molecule has 0 aliphatic carbocycles. The van der Waals surface area contributed by atoms with Crippen molar-refractivity contribution in [2.24, 2.45) is 0 Å². The van der Waals surface area contributed by atoms with E-state index >= 15 is 0 Å². The van der Waals surface area contributed by atoms with Crippen LogP contribution in [0.25, 0.3) is 0 Å². The number of Topliss-reactive ketones (excluding diaryl/α,β-unsaturated/α-hetero) is 1. The van der Waals surface area contributed by atoms with E-state index in [4.69, 9.17) is 9.47 Å². The predicted molar refractivity (Wildman–Crippen MR) is 75.3 cm³/mol. The summed E-state index contributed by atoms with van der Waals surface area (Å²) in [6, 6.07) is 13.6. The van der Waals surface area contributed by atoms with Crippen molar-refractivity contribution in [3.8, 4) is 11.5 Å². The fourth-order valence-electron chi connectivity index (χ4n) is 1.90. The topological polar surface area (TPSA) is 55.8 Å². The van der Waals surface area contributed by atoms with Gasteiger partial charge in [-0.1, -0.05) is 30.3 Å². The van der Waals surface area contributed by atoms with Crippen LogP contribution in [0.5, 0.6) is 11.5 Å². The number of ketones is 1. The van der Waals surface area contributed by atoms with Crippen LogP contribution in [-0.2, 0) is 0 Å². The second-order valence-electron chi connectivity index (χ2n) is 4.28. The van der Waals surface area contributed by atoms with Crippen LogP contribution in [0.2, 0.25) is 0 Å². The fraction of sp³-hybridized carbons (Fsp3) is 0.188. The molecule has 2 aromatic rings. The average Bonchev–Trinajstić information content (AvgIpc) is 2.53. The number of ether oxygens (including phenoxy) is 2. The Morgan fingerprint density at radius 2 is 1.55 bits per heavy atom. The summed E-state index contributed by atoms with van der Waals surface area (Å²) in [7, 11) is 3.04. The zero-order valence-electron chi connectivity index (χ0n) is 11.4. The van der Waals surface area contributed by atoms with Gasteiger partial charge in [0.25, 0.3) is 0 Å². The van der Waals surface area contributed by atoms with E-state index in [0.717, 1.165) is 0 Å². The van der Waals surface area contributed by atoms with Gasteiger partial charge in [-0.05, 0) is 17.7 Å². The third kappa shape index (κ3) is 2.97. The zero-order valence-corrected chi connectivity index (χ0v) is 11.4. The molecule has 0 saturated heterocycles. The van der Waals surface area contributed by atoms with Gasteiger partial charge in [0.15, 0.2) is 5.78 Å². The minimum Gasteiger partial charge on any atom is -0.497 e. The number of hydrogen-bond donors (Lipinski definition) is 1. The third-order valence-corrected chi connectivity index (χ3v) is 3.00. The first-order valence-electron chi connectivity index (χ1n) is 6.16. The number of aliphatic hydroxyl groups excluding tert-OH is 1. The molecule has 20 heavy (non-hydrogen) atoms. The number of rotatable bonds is 5. The zero-order chi connectivity index (χ0) is 14.5. The molecule has 2 aromatic carbocycles. The summed E-state index contributed by atoms with van der Waals surface area (Å²) in [5.74, 6) is 0.694. The maximum atomic E-state index is 12.2. The molecule has 1 N–H and O–H groups in total. The molecule has 104 valence electrons. The number of carbonyl (C=O) groups is 1. The third-order valence-electron chi connectivity index (χ3n) is 3.00. The van der Waals surface area contributed by atoms with Gasteiger partial charge < -0.3 is 14.6 Å². The van der Waals surface area contributed by atoms with E-state index in [1.807, 2.05) is 6.07 Å². The van der Waals surface area contributed by atoms with Gasteiger partial charge in [-0.2, -0.15) is 0 Å². The van der Waals surface area contributed by atoms with Gasteiger partial charge >= 0.3 is 0 Å². The molecule has 1 unspecified atom stereocenters. The van der Waals surface area contributed by atoms with Crippen molar-refractivity contribution in [2.75, 3.05) is 14.2 Å². The highest BCUT2D eigenvalue weighted by molar-refractivity contribution is 5.99. The molecular formula is C16H16O4. The van der Waals surface area contributed by atoms with E-state index in [1.165, 1.54) is 14.2 Å². The Balaban J connectivity index is 2.33. The van der Waals surface area contributed by atoms with Crippen molar-refractivity contribution in [1.29, 1.82) is 0 Å². The minimum atomic E-state index is -1.25. The smallest absolute Gasteiger partial charge is 0.195 e. The van der Waals surface area contributed by atoms with Gasteiger partial charge in [-0.3, -0.25) is 4.79 Å². The molecule has 0 aromatic heterocycles. The minimum absolute atomic E-state index is 0.360. The molecule has 0 amide bonds. The van der Waals surface area contributed by atoms with E-state index < -0.39 is 6.10 Å². The highest BCUT2D eigenvalue weighted by atomic mass is 16.5. The Morgan fingerprint density at radius 3 is 2.05 bits per heavy atom. The van der Waals surface area contributed by atoms with E-state index in [9.17, 15) is 9.90 Å². The molecule has 0 heterocycles. The summed E-state index contributed by atoms with van der Waals surface area (Å²) >= 11 is 0. The highest BCUT2D eigenvalue weighted by Gasteiger charge is 2.20. The normalized spacial score (nSPS) is 11.8. The summed E-state index contributed by atoms with van der Waals surface area (Å²) in [6.07, 6.45) is -1.25. The molecule has 0 bridgehead atoms. The molecular weight excluding hydrogens is 256 g/mol. The maximum Gasteiger partial charge on any atom is 0.195 e. The van der Waals surface area contributed by atoms with Gasteiger partial charge in [0.05, 0.1) is 14.2 Å². The van der Waals surface area contributed by atoms with E-state index in [2.05, 4.69) is 0 Å². The second kappa shape index (κ2) is 6.21. The van der Waals surface area contributed by atoms with Crippen LogP contribution in [0.3, 0.4) is 0 Å². The standard InChI is InChI=1S/C16H16O4/c1-19-13-8-12(9-14(10-13)20-2)16(18)15(17)11-6-4-3-5-7-11/h3-10,16,18H,1-2H3. The first kappa shape index (κ1) is 14.1. The lowest BCUT2D eigenvalue weighted by Gasteiger charge is -2.13. The summed E-state index contributed by atoms with van der Waals surface area (Å²) in [4.78, 5) is 12.2. The van der Waals surface area contributed by atoms with Gasteiger partial charge in [0.1, 0.15) is 17.6 Å². The molecule has 4 heteroatoms. The SMILES string of the molecule is COc1cc(OC)cc(C(O)C(=O)c2ccccc2)c1. The Bertz CT molecular complexity index is 570. The number of hydrogen-bond acceptors (Lipinski definition) is 4. The second-order valence-corrected chi connectivity index (χ2v) is 4.28. The van der Waals surface area contributed by atoms with Crippen LogP contribution in [0, 0.1) is 0 Å². The number of carbonyl (C=O) groups excluding carboxylic acids is 1. The van der Waals surface area contributed by atoms with Gasteiger partial charge in [0, 0.05) is 11.6 Å². The summed E-state index contributed by atoms with van der Waals surface area (Å²) in [6.45, 7) is 0. The van der Waals surface area contributed by atoms with Crippen LogP contribution in [0.4, 0.5) is 0 Å². The lowest BCUT2D eigenvalue weighted by Crippen LogP contribution is -2.12. The van der Waals surface area contributed by atoms with Crippen molar-refractivity contribution in [1.82, 2.24) is 0 Å². The molecule has 4 nitrogen and oxygen atoms in total. The number of aliphatic hydroxyl groups is 1. The fourth-order valence-corrected chi connectivity index (χ4v) is 1.90.